The van der Waals surface area contributed by atoms with E-state index in [4.69, 9.17) is 11.6 Å². The van der Waals surface area contributed by atoms with Crippen molar-refractivity contribution in [1.82, 2.24) is 0 Å². The fourth-order valence-corrected chi connectivity index (χ4v) is 2.13. The maximum absolute atomic E-state index is 13.1. The lowest BCUT2D eigenvalue weighted by Gasteiger charge is -2.21. The molecule has 1 N–H and O–H groups in total. The van der Waals surface area contributed by atoms with E-state index < -0.39 is 17.5 Å². The molecule has 0 heterocycles. The first kappa shape index (κ1) is 16.9. The van der Waals surface area contributed by atoms with Crippen LogP contribution in [0.15, 0.2) is 42.5 Å². The molecule has 2 aromatic carbocycles. The van der Waals surface area contributed by atoms with E-state index in [1.165, 1.54) is 17.9 Å². The molecule has 2 rings (SSSR count). The Morgan fingerprint density at radius 1 is 1.13 bits per heavy atom. The topological polar surface area (TPSA) is 49.4 Å². The number of anilines is 2. The Labute approximate surface area is 136 Å². The number of hydrogen-bond acceptors (Lipinski definition) is 2. The first-order chi connectivity index (χ1) is 10.9. The summed E-state index contributed by atoms with van der Waals surface area (Å²) in [6.45, 7) is 1.03. The van der Waals surface area contributed by atoms with Gasteiger partial charge in [-0.05, 0) is 30.3 Å². The molecule has 0 saturated heterocycles. The third-order valence-electron chi connectivity index (χ3n) is 3.01. The molecule has 0 aliphatic heterocycles. The van der Waals surface area contributed by atoms with E-state index in [-0.39, 0.29) is 18.1 Å². The number of halogens is 3. The Balaban J connectivity index is 2.12. The van der Waals surface area contributed by atoms with E-state index in [1.807, 2.05) is 0 Å². The highest BCUT2D eigenvalue weighted by Gasteiger charge is 2.16. The third kappa shape index (κ3) is 4.50. The van der Waals surface area contributed by atoms with Crippen LogP contribution in [-0.4, -0.2) is 18.4 Å². The smallest absolute Gasteiger partial charge is 0.244 e. The second-order valence-electron chi connectivity index (χ2n) is 4.76. The number of carbonyl (C=O) groups is 2. The Morgan fingerprint density at radius 2 is 1.87 bits per heavy atom. The van der Waals surface area contributed by atoms with Gasteiger partial charge in [-0.15, -0.1) is 0 Å². The van der Waals surface area contributed by atoms with Gasteiger partial charge in [-0.25, -0.2) is 8.78 Å². The fraction of sp³-hybridized carbons (Fsp3) is 0.125. The molecule has 2 aromatic rings. The summed E-state index contributed by atoms with van der Waals surface area (Å²) in [4.78, 5) is 25.0. The van der Waals surface area contributed by atoms with Crippen molar-refractivity contribution in [3.8, 4) is 0 Å². The van der Waals surface area contributed by atoms with Gasteiger partial charge in [0.2, 0.25) is 11.8 Å². The summed E-state index contributed by atoms with van der Waals surface area (Å²) >= 11 is 5.88. The standard InChI is InChI=1S/C16H13ClF2N2O2/c1-10(22)21(13-4-2-3-11(17)7-13)9-16(23)20-12-5-6-14(18)15(19)8-12/h2-8H,9H2,1H3,(H,20,23). The summed E-state index contributed by atoms with van der Waals surface area (Å²) in [5, 5.41) is 2.83. The minimum absolute atomic E-state index is 0.100. The van der Waals surface area contributed by atoms with Gasteiger partial charge in [-0.2, -0.15) is 0 Å². The molecule has 0 aliphatic rings. The van der Waals surface area contributed by atoms with Crippen LogP contribution < -0.4 is 10.2 Å². The van der Waals surface area contributed by atoms with Gasteiger partial charge in [-0.1, -0.05) is 17.7 Å². The lowest BCUT2D eigenvalue weighted by atomic mass is 10.2. The van der Waals surface area contributed by atoms with Crippen molar-refractivity contribution in [2.75, 3.05) is 16.8 Å². The van der Waals surface area contributed by atoms with E-state index in [1.54, 1.807) is 24.3 Å². The number of nitrogens with one attached hydrogen (secondary N) is 1. The lowest BCUT2D eigenvalue weighted by Crippen LogP contribution is -2.36. The molecule has 0 fully saturated rings. The number of amides is 2. The maximum Gasteiger partial charge on any atom is 0.244 e. The van der Waals surface area contributed by atoms with Crippen LogP contribution in [0.5, 0.6) is 0 Å². The first-order valence-corrected chi connectivity index (χ1v) is 7.03. The average Bonchev–Trinajstić information content (AvgIpc) is 2.48. The Morgan fingerprint density at radius 3 is 2.48 bits per heavy atom. The molecule has 0 radical (unpaired) electrons. The normalized spacial score (nSPS) is 10.3. The molecule has 0 spiro atoms. The van der Waals surface area contributed by atoms with Crippen molar-refractivity contribution < 1.29 is 18.4 Å². The second kappa shape index (κ2) is 7.19. The Kier molecular flexibility index (Phi) is 5.28. The number of hydrogen-bond donors (Lipinski definition) is 1. The fourth-order valence-electron chi connectivity index (χ4n) is 1.95. The number of nitrogens with zero attached hydrogens (tertiary/aromatic N) is 1. The molecule has 2 amide bonds. The molecule has 0 atom stereocenters. The van der Waals surface area contributed by atoms with E-state index in [9.17, 15) is 18.4 Å². The van der Waals surface area contributed by atoms with Crippen LogP contribution in [0.2, 0.25) is 5.02 Å². The minimum Gasteiger partial charge on any atom is -0.324 e. The molecule has 0 unspecified atom stereocenters. The monoisotopic (exact) mass is 338 g/mol. The SMILES string of the molecule is CC(=O)N(CC(=O)Nc1ccc(F)c(F)c1)c1cccc(Cl)c1. The number of rotatable bonds is 4. The van der Waals surface area contributed by atoms with Gasteiger partial charge in [0.25, 0.3) is 0 Å². The molecule has 120 valence electrons. The molecule has 0 aromatic heterocycles. The Bertz CT molecular complexity index is 753. The second-order valence-corrected chi connectivity index (χ2v) is 5.20. The predicted molar refractivity (Wildman–Crippen MR) is 84.5 cm³/mol. The number of carbonyl (C=O) groups excluding carboxylic acids is 2. The van der Waals surface area contributed by atoms with Crippen LogP contribution in [0.25, 0.3) is 0 Å². The van der Waals surface area contributed by atoms with Crippen LogP contribution in [0.1, 0.15) is 6.92 Å². The van der Waals surface area contributed by atoms with Crippen molar-refractivity contribution in [2.45, 2.75) is 6.92 Å². The van der Waals surface area contributed by atoms with E-state index >= 15 is 0 Å². The summed E-state index contributed by atoms with van der Waals surface area (Å²) in [5.41, 5.74) is 0.564. The van der Waals surface area contributed by atoms with Crippen molar-refractivity contribution in [3.05, 3.63) is 59.1 Å². The quantitative estimate of drug-likeness (QED) is 0.925. The molecule has 0 saturated carbocycles. The highest BCUT2D eigenvalue weighted by Crippen LogP contribution is 2.20. The van der Waals surface area contributed by atoms with Gasteiger partial charge < -0.3 is 10.2 Å². The van der Waals surface area contributed by atoms with Crippen LogP contribution >= 0.6 is 11.6 Å². The molecule has 7 heteroatoms. The summed E-state index contributed by atoms with van der Waals surface area (Å²) < 4.78 is 26.0. The van der Waals surface area contributed by atoms with Gasteiger partial charge in [0.15, 0.2) is 11.6 Å². The van der Waals surface area contributed by atoms with Gasteiger partial charge in [0, 0.05) is 29.4 Å². The largest absolute Gasteiger partial charge is 0.324 e. The highest BCUT2D eigenvalue weighted by atomic mass is 35.5. The summed E-state index contributed by atoms with van der Waals surface area (Å²) in [5.74, 6) is -2.98. The van der Waals surface area contributed by atoms with Gasteiger partial charge >= 0.3 is 0 Å². The third-order valence-corrected chi connectivity index (χ3v) is 3.24. The van der Waals surface area contributed by atoms with Crippen molar-refractivity contribution >= 4 is 34.8 Å². The first-order valence-electron chi connectivity index (χ1n) is 6.65. The van der Waals surface area contributed by atoms with Crippen molar-refractivity contribution in [3.63, 3.8) is 0 Å². The van der Waals surface area contributed by atoms with Crippen LogP contribution in [0.4, 0.5) is 20.2 Å². The average molecular weight is 339 g/mol. The molecular weight excluding hydrogens is 326 g/mol. The van der Waals surface area contributed by atoms with Crippen molar-refractivity contribution in [2.24, 2.45) is 0 Å². The summed E-state index contributed by atoms with van der Waals surface area (Å²) in [7, 11) is 0. The van der Waals surface area contributed by atoms with Gasteiger partial charge in [-0.3, -0.25) is 9.59 Å². The van der Waals surface area contributed by atoms with Gasteiger partial charge in [0.1, 0.15) is 6.54 Å². The zero-order valence-electron chi connectivity index (χ0n) is 12.1. The molecule has 0 bridgehead atoms. The zero-order valence-corrected chi connectivity index (χ0v) is 12.9. The van der Waals surface area contributed by atoms with Gasteiger partial charge in [0.05, 0.1) is 0 Å². The van der Waals surface area contributed by atoms with E-state index in [0.717, 1.165) is 12.1 Å². The molecule has 4 nitrogen and oxygen atoms in total. The predicted octanol–water partition coefficient (Wildman–Crippen LogP) is 3.61. The van der Waals surface area contributed by atoms with E-state index in [0.29, 0.717) is 10.7 Å². The maximum atomic E-state index is 13.1. The van der Waals surface area contributed by atoms with Crippen molar-refractivity contribution in [1.29, 1.82) is 0 Å². The van der Waals surface area contributed by atoms with E-state index in [2.05, 4.69) is 5.32 Å². The van der Waals surface area contributed by atoms with Crippen LogP contribution in [-0.2, 0) is 9.59 Å². The van der Waals surface area contributed by atoms with Crippen LogP contribution in [0.3, 0.4) is 0 Å². The highest BCUT2D eigenvalue weighted by molar-refractivity contribution is 6.31. The molecule has 23 heavy (non-hydrogen) atoms. The summed E-state index contributed by atoms with van der Waals surface area (Å²) in [6.07, 6.45) is 0. The Hall–Kier alpha value is -2.47. The number of benzene rings is 2. The molecular formula is C16H13ClF2N2O2. The van der Waals surface area contributed by atoms with Crippen LogP contribution in [0, 0.1) is 11.6 Å². The molecule has 0 aliphatic carbocycles. The lowest BCUT2D eigenvalue weighted by molar-refractivity contribution is -0.120. The summed E-state index contributed by atoms with van der Waals surface area (Å²) in [6, 6.07) is 9.49. The minimum atomic E-state index is -1.07. The zero-order chi connectivity index (χ0) is 17.0.